The Kier molecular flexibility index (Phi) is 3.43. The maximum Gasteiger partial charge on any atom is 0.241 e. The van der Waals surface area contributed by atoms with Gasteiger partial charge in [-0.25, -0.2) is 4.39 Å². The SMILES string of the molecule is CCC1NC(c2ccc(F)cc2)N(CC)C1=O. The number of nitrogens with one attached hydrogen (secondary N) is 1. The van der Waals surface area contributed by atoms with Crippen LogP contribution in [0.4, 0.5) is 4.39 Å². The van der Waals surface area contributed by atoms with Gasteiger partial charge in [-0.3, -0.25) is 10.1 Å². The molecule has 92 valence electrons. The first-order chi connectivity index (χ1) is 8.17. The number of nitrogens with zero attached hydrogens (tertiary/aromatic N) is 1. The molecular formula is C13H17FN2O. The van der Waals surface area contributed by atoms with Crippen molar-refractivity contribution < 1.29 is 9.18 Å². The molecule has 0 bridgehead atoms. The quantitative estimate of drug-likeness (QED) is 0.871. The monoisotopic (exact) mass is 236 g/mol. The average Bonchev–Trinajstić information content (AvgIpc) is 2.66. The number of hydrogen-bond donors (Lipinski definition) is 1. The smallest absolute Gasteiger partial charge is 0.241 e. The van der Waals surface area contributed by atoms with E-state index < -0.39 is 0 Å². The minimum atomic E-state index is -0.256. The van der Waals surface area contributed by atoms with Crippen LogP contribution in [0.1, 0.15) is 32.0 Å². The summed E-state index contributed by atoms with van der Waals surface area (Å²) in [6.07, 6.45) is 0.644. The first-order valence-corrected chi connectivity index (χ1v) is 5.99. The molecule has 0 aromatic heterocycles. The van der Waals surface area contributed by atoms with Gasteiger partial charge in [-0.05, 0) is 31.0 Å². The minimum Gasteiger partial charge on any atom is -0.322 e. The molecular weight excluding hydrogens is 219 g/mol. The summed E-state index contributed by atoms with van der Waals surface area (Å²) in [7, 11) is 0. The number of amides is 1. The molecule has 0 aliphatic carbocycles. The molecule has 0 spiro atoms. The summed E-state index contributed by atoms with van der Waals surface area (Å²) in [6, 6.07) is 6.18. The summed E-state index contributed by atoms with van der Waals surface area (Å²) >= 11 is 0. The highest BCUT2D eigenvalue weighted by Crippen LogP contribution is 2.26. The van der Waals surface area contributed by atoms with Crippen molar-refractivity contribution in [2.24, 2.45) is 0 Å². The van der Waals surface area contributed by atoms with Crippen LogP contribution < -0.4 is 5.32 Å². The van der Waals surface area contributed by atoms with Crippen LogP contribution in [0.15, 0.2) is 24.3 Å². The number of likely N-dealkylation sites (N-methyl/N-ethyl adjacent to an activating group) is 1. The lowest BCUT2D eigenvalue weighted by Gasteiger charge is -2.22. The van der Waals surface area contributed by atoms with Gasteiger partial charge in [0.1, 0.15) is 12.0 Å². The maximum absolute atomic E-state index is 12.9. The van der Waals surface area contributed by atoms with Crippen LogP contribution in [0.2, 0.25) is 0 Å². The zero-order chi connectivity index (χ0) is 12.4. The highest BCUT2D eigenvalue weighted by molar-refractivity contribution is 5.84. The molecule has 2 unspecified atom stereocenters. The molecule has 1 aliphatic rings. The van der Waals surface area contributed by atoms with E-state index in [-0.39, 0.29) is 23.9 Å². The van der Waals surface area contributed by atoms with Gasteiger partial charge in [0, 0.05) is 6.54 Å². The van der Waals surface area contributed by atoms with E-state index in [9.17, 15) is 9.18 Å². The molecule has 1 fully saturated rings. The second-order valence-electron chi connectivity index (χ2n) is 4.21. The van der Waals surface area contributed by atoms with Crippen molar-refractivity contribution in [2.75, 3.05) is 6.54 Å². The molecule has 1 aromatic carbocycles. The highest BCUT2D eigenvalue weighted by Gasteiger charge is 2.37. The van der Waals surface area contributed by atoms with Crippen LogP contribution in [-0.2, 0) is 4.79 Å². The number of halogens is 1. The van der Waals surface area contributed by atoms with Gasteiger partial charge in [0.2, 0.25) is 5.91 Å². The Bertz CT molecular complexity index is 404. The number of benzene rings is 1. The maximum atomic E-state index is 12.9. The molecule has 2 rings (SSSR count). The molecule has 0 radical (unpaired) electrons. The van der Waals surface area contributed by atoms with Crippen LogP contribution in [-0.4, -0.2) is 23.4 Å². The minimum absolute atomic E-state index is 0.120. The summed E-state index contributed by atoms with van der Waals surface area (Å²) in [4.78, 5) is 13.8. The first-order valence-electron chi connectivity index (χ1n) is 5.99. The summed E-state index contributed by atoms with van der Waals surface area (Å²) in [5.74, 6) is -0.127. The van der Waals surface area contributed by atoms with Crippen LogP contribution in [0, 0.1) is 5.82 Å². The van der Waals surface area contributed by atoms with Crippen molar-refractivity contribution in [2.45, 2.75) is 32.5 Å². The van der Waals surface area contributed by atoms with Gasteiger partial charge in [-0.2, -0.15) is 0 Å². The van der Waals surface area contributed by atoms with Crippen LogP contribution >= 0.6 is 0 Å². The fourth-order valence-corrected chi connectivity index (χ4v) is 2.23. The molecule has 1 aliphatic heterocycles. The normalized spacial score (nSPS) is 24.4. The third-order valence-corrected chi connectivity index (χ3v) is 3.19. The van der Waals surface area contributed by atoms with Crippen molar-refractivity contribution in [3.05, 3.63) is 35.6 Å². The third kappa shape index (κ3) is 2.17. The van der Waals surface area contributed by atoms with Crippen molar-refractivity contribution in [1.29, 1.82) is 0 Å². The molecule has 3 nitrogen and oxygen atoms in total. The Labute approximate surface area is 101 Å². The van der Waals surface area contributed by atoms with Gasteiger partial charge in [0.25, 0.3) is 0 Å². The molecule has 1 aromatic rings. The zero-order valence-electron chi connectivity index (χ0n) is 10.1. The molecule has 2 atom stereocenters. The van der Waals surface area contributed by atoms with Gasteiger partial charge in [0.15, 0.2) is 0 Å². The van der Waals surface area contributed by atoms with Crippen molar-refractivity contribution in [3.63, 3.8) is 0 Å². The highest BCUT2D eigenvalue weighted by atomic mass is 19.1. The van der Waals surface area contributed by atoms with Crippen LogP contribution in [0.3, 0.4) is 0 Å². The van der Waals surface area contributed by atoms with Crippen molar-refractivity contribution in [1.82, 2.24) is 10.2 Å². The van der Waals surface area contributed by atoms with Gasteiger partial charge in [-0.1, -0.05) is 19.1 Å². The topological polar surface area (TPSA) is 32.3 Å². The Hall–Kier alpha value is -1.42. The first kappa shape index (κ1) is 12.0. The van der Waals surface area contributed by atoms with Crippen molar-refractivity contribution >= 4 is 5.91 Å². The Morgan fingerprint density at radius 1 is 1.29 bits per heavy atom. The Morgan fingerprint density at radius 2 is 1.94 bits per heavy atom. The standard InChI is InChI=1S/C13H17FN2O/c1-3-11-13(17)16(4-2)12(15-11)9-5-7-10(14)8-6-9/h5-8,11-12,15H,3-4H2,1-2H3. The number of carbonyl (C=O) groups excluding carboxylic acids is 1. The zero-order valence-corrected chi connectivity index (χ0v) is 10.1. The molecule has 1 amide bonds. The summed E-state index contributed by atoms with van der Waals surface area (Å²) in [5, 5.41) is 3.28. The summed E-state index contributed by atoms with van der Waals surface area (Å²) < 4.78 is 12.9. The summed E-state index contributed by atoms with van der Waals surface area (Å²) in [5.41, 5.74) is 0.928. The van der Waals surface area contributed by atoms with E-state index in [1.165, 1.54) is 12.1 Å². The predicted molar refractivity (Wildman–Crippen MR) is 63.7 cm³/mol. The predicted octanol–water partition coefficient (Wildman–Crippen LogP) is 2.05. The van der Waals surface area contributed by atoms with E-state index in [1.54, 1.807) is 17.0 Å². The van der Waals surface area contributed by atoms with Crippen molar-refractivity contribution in [3.8, 4) is 0 Å². The molecule has 1 heterocycles. The van der Waals surface area contributed by atoms with E-state index >= 15 is 0 Å². The average molecular weight is 236 g/mol. The number of rotatable bonds is 3. The van der Waals surface area contributed by atoms with Gasteiger partial charge >= 0.3 is 0 Å². The third-order valence-electron chi connectivity index (χ3n) is 3.19. The van der Waals surface area contributed by atoms with E-state index in [0.717, 1.165) is 12.0 Å². The Morgan fingerprint density at radius 3 is 2.47 bits per heavy atom. The van der Waals surface area contributed by atoms with Gasteiger partial charge < -0.3 is 4.90 Å². The van der Waals surface area contributed by atoms with E-state index in [0.29, 0.717) is 6.54 Å². The van der Waals surface area contributed by atoms with E-state index in [2.05, 4.69) is 5.32 Å². The van der Waals surface area contributed by atoms with Crippen LogP contribution in [0.25, 0.3) is 0 Å². The Balaban J connectivity index is 2.26. The summed E-state index contributed by atoms with van der Waals surface area (Å²) in [6.45, 7) is 4.59. The molecule has 17 heavy (non-hydrogen) atoms. The lowest BCUT2D eigenvalue weighted by molar-refractivity contribution is -0.129. The fourth-order valence-electron chi connectivity index (χ4n) is 2.23. The number of carbonyl (C=O) groups is 1. The second kappa shape index (κ2) is 4.84. The molecule has 1 N–H and O–H groups in total. The van der Waals surface area contributed by atoms with E-state index in [4.69, 9.17) is 0 Å². The van der Waals surface area contributed by atoms with Crippen LogP contribution in [0.5, 0.6) is 0 Å². The van der Waals surface area contributed by atoms with Gasteiger partial charge in [0.05, 0.1) is 6.04 Å². The van der Waals surface area contributed by atoms with Gasteiger partial charge in [-0.15, -0.1) is 0 Å². The second-order valence-corrected chi connectivity index (χ2v) is 4.21. The molecule has 0 saturated carbocycles. The largest absolute Gasteiger partial charge is 0.322 e. The molecule has 4 heteroatoms. The van der Waals surface area contributed by atoms with E-state index in [1.807, 2.05) is 13.8 Å². The fraction of sp³-hybridized carbons (Fsp3) is 0.462. The molecule has 1 saturated heterocycles. The number of hydrogen-bond acceptors (Lipinski definition) is 2. The lowest BCUT2D eigenvalue weighted by atomic mass is 10.1. The lowest BCUT2D eigenvalue weighted by Crippen LogP contribution is -2.30.